The Balaban J connectivity index is 1.62. The normalized spacial score (nSPS) is 29.0. The zero-order chi connectivity index (χ0) is 11.7. The molecule has 2 atom stereocenters. The summed E-state index contributed by atoms with van der Waals surface area (Å²) < 4.78 is 0. The van der Waals surface area contributed by atoms with E-state index in [9.17, 15) is 0 Å². The molecule has 2 fully saturated rings. The first kappa shape index (κ1) is 11.0. The van der Waals surface area contributed by atoms with Crippen molar-refractivity contribution in [1.29, 1.82) is 0 Å². The largest absolute Gasteiger partial charge is 0.367 e. The van der Waals surface area contributed by atoms with Gasteiger partial charge in [0.05, 0.1) is 0 Å². The number of piperidine rings is 1. The van der Waals surface area contributed by atoms with Crippen LogP contribution in [0.1, 0.15) is 31.5 Å². The highest BCUT2D eigenvalue weighted by molar-refractivity contribution is 5.34. The van der Waals surface area contributed by atoms with Crippen LogP contribution >= 0.6 is 0 Å². The van der Waals surface area contributed by atoms with Crippen LogP contribution in [0.25, 0.3) is 0 Å². The molecule has 0 aliphatic carbocycles. The molecule has 17 heavy (non-hydrogen) atoms. The van der Waals surface area contributed by atoms with Crippen molar-refractivity contribution in [2.24, 2.45) is 0 Å². The summed E-state index contributed by atoms with van der Waals surface area (Å²) in [5.74, 6) is 1.82. The van der Waals surface area contributed by atoms with Crippen LogP contribution in [-0.4, -0.2) is 40.0 Å². The van der Waals surface area contributed by atoms with Crippen molar-refractivity contribution < 1.29 is 0 Å². The van der Waals surface area contributed by atoms with Gasteiger partial charge in [0.25, 0.3) is 0 Å². The van der Waals surface area contributed by atoms with E-state index in [1.807, 2.05) is 19.2 Å². The van der Waals surface area contributed by atoms with Gasteiger partial charge in [-0.3, -0.25) is 0 Å². The molecular formula is C13H20N4. The first-order valence-corrected chi connectivity index (χ1v) is 6.61. The van der Waals surface area contributed by atoms with Gasteiger partial charge in [0.1, 0.15) is 11.6 Å². The minimum absolute atomic E-state index is 0.587. The monoisotopic (exact) mass is 232 g/mol. The SMILES string of the molecule is Cc1nccc(NC2CCN3CCCC3C2)n1. The van der Waals surface area contributed by atoms with E-state index in [1.165, 1.54) is 38.8 Å². The molecule has 1 aromatic heterocycles. The topological polar surface area (TPSA) is 41.1 Å². The van der Waals surface area contributed by atoms with E-state index in [4.69, 9.17) is 0 Å². The summed E-state index contributed by atoms with van der Waals surface area (Å²) in [6, 6.07) is 3.36. The van der Waals surface area contributed by atoms with Crippen molar-refractivity contribution in [2.75, 3.05) is 18.4 Å². The summed E-state index contributed by atoms with van der Waals surface area (Å²) >= 11 is 0. The van der Waals surface area contributed by atoms with Crippen molar-refractivity contribution in [3.63, 3.8) is 0 Å². The Labute approximate surface area is 102 Å². The number of anilines is 1. The van der Waals surface area contributed by atoms with Crippen LogP contribution in [-0.2, 0) is 0 Å². The smallest absolute Gasteiger partial charge is 0.129 e. The zero-order valence-electron chi connectivity index (χ0n) is 10.4. The number of hydrogen-bond acceptors (Lipinski definition) is 4. The van der Waals surface area contributed by atoms with Crippen LogP contribution in [0.5, 0.6) is 0 Å². The van der Waals surface area contributed by atoms with Crippen molar-refractivity contribution in [2.45, 2.75) is 44.7 Å². The van der Waals surface area contributed by atoms with Gasteiger partial charge in [-0.1, -0.05) is 0 Å². The van der Waals surface area contributed by atoms with Gasteiger partial charge in [0.15, 0.2) is 0 Å². The Morgan fingerprint density at radius 1 is 1.35 bits per heavy atom. The van der Waals surface area contributed by atoms with Crippen molar-refractivity contribution in [3.05, 3.63) is 18.1 Å². The fourth-order valence-corrected chi connectivity index (χ4v) is 3.10. The lowest BCUT2D eigenvalue weighted by Gasteiger charge is -2.35. The van der Waals surface area contributed by atoms with E-state index in [-0.39, 0.29) is 0 Å². The van der Waals surface area contributed by atoms with Crippen LogP contribution in [0.3, 0.4) is 0 Å². The minimum Gasteiger partial charge on any atom is -0.367 e. The second-order valence-corrected chi connectivity index (χ2v) is 5.19. The lowest BCUT2D eigenvalue weighted by molar-refractivity contribution is 0.188. The Morgan fingerprint density at radius 2 is 2.29 bits per heavy atom. The van der Waals surface area contributed by atoms with E-state index in [0.717, 1.165) is 17.7 Å². The van der Waals surface area contributed by atoms with Crippen LogP contribution < -0.4 is 5.32 Å². The second kappa shape index (κ2) is 4.61. The number of hydrogen-bond donors (Lipinski definition) is 1. The molecule has 2 aliphatic heterocycles. The molecule has 92 valence electrons. The van der Waals surface area contributed by atoms with Crippen molar-refractivity contribution in [1.82, 2.24) is 14.9 Å². The zero-order valence-corrected chi connectivity index (χ0v) is 10.4. The van der Waals surface area contributed by atoms with Gasteiger partial charge < -0.3 is 10.2 Å². The molecule has 1 N–H and O–H groups in total. The van der Waals surface area contributed by atoms with E-state index in [0.29, 0.717) is 6.04 Å². The first-order chi connectivity index (χ1) is 8.31. The predicted molar refractivity (Wildman–Crippen MR) is 68.0 cm³/mol. The third-order valence-corrected chi connectivity index (χ3v) is 3.95. The maximum absolute atomic E-state index is 4.42. The fourth-order valence-electron chi connectivity index (χ4n) is 3.10. The molecule has 4 heteroatoms. The van der Waals surface area contributed by atoms with Crippen molar-refractivity contribution in [3.8, 4) is 0 Å². The van der Waals surface area contributed by atoms with Gasteiger partial charge in [-0.15, -0.1) is 0 Å². The maximum atomic E-state index is 4.42. The van der Waals surface area contributed by atoms with Gasteiger partial charge in [-0.25, -0.2) is 9.97 Å². The van der Waals surface area contributed by atoms with E-state index in [2.05, 4.69) is 20.2 Å². The summed E-state index contributed by atoms with van der Waals surface area (Å²) in [7, 11) is 0. The molecule has 1 aromatic rings. The molecular weight excluding hydrogens is 212 g/mol. The third kappa shape index (κ3) is 2.41. The van der Waals surface area contributed by atoms with Crippen LogP contribution in [0.4, 0.5) is 5.82 Å². The number of aryl methyl sites for hydroxylation is 1. The maximum Gasteiger partial charge on any atom is 0.129 e. The van der Waals surface area contributed by atoms with Crippen LogP contribution in [0.15, 0.2) is 12.3 Å². The Bertz CT molecular complexity index is 393. The van der Waals surface area contributed by atoms with Crippen LogP contribution in [0, 0.1) is 6.92 Å². The molecule has 0 amide bonds. The predicted octanol–water partition coefficient (Wildman–Crippen LogP) is 1.82. The molecule has 0 spiro atoms. The summed E-state index contributed by atoms with van der Waals surface area (Å²) in [5, 5.41) is 3.56. The number of nitrogens with zero attached hydrogens (tertiary/aromatic N) is 3. The molecule has 3 heterocycles. The standard InChI is InChI=1S/C13H20N4/c1-10-14-6-4-13(15-10)16-11-5-8-17-7-2-3-12(17)9-11/h4,6,11-12H,2-3,5,7-9H2,1H3,(H,14,15,16). The molecule has 0 bridgehead atoms. The highest BCUT2D eigenvalue weighted by Crippen LogP contribution is 2.28. The number of fused-ring (bicyclic) bond motifs is 1. The second-order valence-electron chi connectivity index (χ2n) is 5.19. The van der Waals surface area contributed by atoms with Gasteiger partial charge in [0, 0.05) is 24.8 Å². The summed E-state index contributed by atoms with van der Waals surface area (Å²) in [6.07, 6.45) is 7.09. The Morgan fingerprint density at radius 3 is 3.18 bits per heavy atom. The van der Waals surface area contributed by atoms with E-state index < -0.39 is 0 Å². The quantitative estimate of drug-likeness (QED) is 0.844. The lowest BCUT2D eigenvalue weighted by Crippen LogP contribution is -2.42. The number of aromatic nitrogens is 2. The molecule has 0 radical (unpaired) electrons. The van der Waals surface area contributed by atoms with Gasteiger partial charge in [0.2, 0.25) is 0 Å². The first-order valence-electron chi connectivity index (χ1n) is 6.61. The molecule has 0 saturated carbocycles. The third-order valence-electron chi connectivity index (χ3n) is 3.95. The van der Waals surface area contributed by atoms with E-state index >= 15 is 0 Å². The molecule has 4 nitrogen and oxygen atoms in total. The average molecular weight is 232 g/mol. The molecule has 2 saturated heterocycles. The van der Waals surface area contributed by atoms with Gasteiger partial charge in [-0.05, 0) is 45.2 Å². The summed E-state index contributed by atoms with van der Waals surface area (Å²) in [6.45, 7) is 4.49. The molecule has 0 aromatic carbocycles. The number of nitrogens with one attached hydrogen (secondary N) is 1. The number of rotatable bonds is 2. The highest BCUT2D eigenvalue weighted by Gasteiger charge is 2.31. The van der Waals surface area contributed by atoms with Gasteiger partial charge >= 0.3 is 0 Å². The molecule has 2 unspecified atom stereocenters. The summed E-state index contributed by atoms with van der Waals surface area (Å²) in [4.78, 5) is 11.2. The Hall–Kier alpha value is -1.16. The van der Waals surface area contributed by atoms with E-state index in [1.54, 1.807) is 0 Å². The highest BCUT2D eigenvalue weighted by atomic mass is 15.2. The lowest BCUT2D eigenvalue weighted by atomic mass is 9.97. The summed E-state index contributed by atoms with van der Waals surface area (Å²) in [5.41, 5.74) is 0. The molecule has 3 rings (SSSR count). The van der Waals surface area contributed by atoms with Crippen molar-refractivity contribution >= 4 is 5.82 Å². The fraction of sp³-hybridized carbons (Fsp3) is 0.692. The average Bonchev–Trinajstić information content (AvgIpc) is 2.76. The van der Waals surface area contributed by atoms with Crippen LogP contribution in [0.2, 0.25) is 0 Å². The molecule has 2 aliphatic rings. The van der Waals surface area contributed by atoms with Gasteiger partial charge in [-0.2, -0.15) is 0 Å². The Kier molecular flexibility index (Phi) is 2.97. The minimum atomic E-state index is 0.587.